The lowest BCUT2D eigenvalue weighted by atomic mass is 10.1. The van der Waals surface area contributed by atoms with E-state index >= 15 is 0 Å². The number of aromatic nitrogens is 1. The first-order valence-electron chi connectivity index (χ1n) is 3.60. The summed E-state index contributed by atoms with van der Waals surface area (Å²) in [5.41, 5.74) is 3.43. The van der Waals surface area contributed by atoms with E-state index in [1.165, 1.54) is 5.56 Å². The van der Waals surface area contributed by atoms with Crippen molar-refractivity contribution in [2.75, 3.05) is 7.05 Å². The van der Waals surface area contributed by atoms with Crippen molar-refractivity contribution in [2.45, 2.75) is 13.8 Å². The lowest BCUT2D eigenvalue weighted by molar-refractivity contribution is 1.14. The van der Waals surface area contributed by atoms with Gasteiger partial charge in [0.05, 0.1) is 0 Å². The summed E-state index contributed by atoms with van der Waals surface area (Å²) in [7, 11) is 1.77. The molecule has 0 bridgehead atoms. The molecular weight excluding hydrogens is 136 g/mol. The van der Waals surface area contributed by atoms with E-state index in [1.54, 1.807) is 13.2 Å². The second-order valence-electron chi connectivity index (χ2n) is 2.50. The Morgan fingerprint density at radius 1 is 1.45 bits per heavy atom. The molecule has 0 aromatic carbocycles. The van der Waals surface area contributed by atoms with Gasteiger partial charge >= 0.3 is 0 Å². The number of aryl methyl sites for hydroxylation is 1. The summed E-state index contributed by atoms with van der Waals surface area (Å²) in [6, 6.07) is 1.97. The summed E-state index contributed by atoms with van der Waals surface area (Å²) in [5.74, 6) is 0. The summed E-state index contributed by atoms with van der Waals surface area (Å²) in [6.07, 6.45) is 3.66. The van der Waals surface area contributed by atoms with E-state index in [9.17, 15) is 0 Å². The van der Waals surface area contributed by atoms with Gasteiger partial charge in [0.25, 0.3) is 0 Å². The Morgan fingerprint density at radius 3 is 2.82 bits per heavy atom. The quantitative estimate of drug-likeness (QED) is 0.557. The van der Waals surface area contributed by atoms with E-state index in [0.717, 1.165) is 11.3 Å². The van der Waals surface area contributed by atoms with Gasteiger partial charge in [-0.1, -0.05) is 0 Å². The van der Waals surface area contributed by atoms with Gasteiger partial charge in [-0.15, -0.1) is 0 Å². The Balaban J connectivity index is 3.16. The second-order valence-corrected chi connectivity index (χ2v) is 2.50. The van der Waals surface area contributed by atoms with Gasteiger partial charge in [0.2, 0.25) is 0 Å². The van der Waals surface area contributed by atoms with E-state index in [4.69, 9.17) is 0 Å². The zero-order valence-electron chi connectivity index (χ0n) is 7.13. The molecule has 0 aliphatic rings. The van der Waals surface area contributed by atoms with E-state index in [2.05, 4.69) is 16.9 Å². The highest BCUT2D eigenvalue weighted by molar-refractivity contribution is 5.81. The van der Waals surface area contributed by atoms with Crippen LogP contribution in [0.3, 0.4) is 0 Å². The van der Waals surface area contributed by atoms with Crippen LogP contribution in [0.15, 0.2) is 17.3 Å². The van der Waals surface area contributed by atoms with Crippen LogP contribution in [0.5, 0.6) is 0 Å². The molecule has 2 nitrogen and oxygen atoms in total. The van der Waals surface area contributed by atoms with Crippen LogP contribution in [0.1, 0.15) is 16.8 Å². The molecule has 1 rings (SSSR count). The van der Waals surface area contributed by atoms with Gasteiger partial charge < -0.3 is 0 Å². The first-order valence-corrected chi connectivity index (χ1v) is 3.60. The van der Waals surface area contributed by atoms with Crippen LogP contribution < -0.4 is 0 Å². The predicted molar refractivity (Wildman–Crippen MR) is 47.2 cm³/mol. The summed E-state index contributed by atoms with van der Waals surface area (Å²) in [4.78, 5) is 8.12. The van der Waals surface area contributed by atoms with Crippen molar-refractivity contribution in [2.24, 2.45) is 4.99 Å². The van der Waals surface area contributed by atoms with Crippen molar-refractivity contribution in [1.29, 1.82) is 0 Å². The Labute approximate surface area is 67.0 Å². The fourth-order valence-electron chi connectivity index (χ4n) is 0.939. The standard InChI is InChI=1S/C9H12N2/c1-7-8(2)11-5-4-9(7)6-10-3/h4-6H,1-3H3. The molecule has 0 saturated carbocycles. The predicted octanol–water partition coefficient (Wildman–Crippen LogP) is 1.75. The number of pyridine rings is 1. The third kappa shape index (κ3) is 1.64. The molecule has 0 spiro atoms. The molecule has 11 heavy (non-hydrogen) atoms. The van der Waals surface area contributed by atoms with Gasteiger partial charge in [0.15, 0.2) is 0 Å². The van der Waals surface area contributed by atoms with Gasteiger partial charge in [-0.05, 0) is 31.0 Å². The van der Waals surface area contributed by atoms with E-state index in [1.807, 2.05) is 19.2 Å². The average Bonchev–Trinajstić information content (AvgIpc) is 1.99. The topological polar surface area (TPSA) is 25.2 Å². The maximum Gasteiger partial charge on any atom is 0.0408 e. The molecule has 1 aromatic rings. The third-order valence-corrected chi connectivity index (χ3v) is 1.77. The molecule has 1 heterocycles. The number of hydrogen-bond donors (Lipinski definition) is 0. The van der Waals surface area contributed by atoms with Crippen molar-refractivity contribution in [1.82, 2.24) is 4.98 Å². The molecule has 0 radical (unpaired) electrons. The molecule has 0 N–H and O–H groups in total. The smallest absolute Gasteiger partial charge is 0.0408 e. The fraction of sp³-hybridized carbons (Fsp3) is 0.333. The Bertz CT molecular complexity index is 277. The van der Waals surface area contributed by atoms with Crippen molar-refractivity contribution in [3.63, 3.8) is 0 Å². The molecule has 58 valence electrons. The third-order valence-electron chi connectivity index (χ3n) is 1.77. The van der Waals surface area contributed by atoms with Crippen LogP contribution in [0.25, 0.3) is 0 Å². The van der Waals surface area contributed by atoms with Crippen LogP contribution >= 0.6 is 0 Å². The van der Waals surface area contributed by atoms with Crippen LogP contribution in [-0.4, -0.2) is 18.2 Å². The fourth-order valence-corrected chi connectivity index (χ4v) is 0.939. The highest BCUT2D eigenvalue weighted by atomic mass is 14.7. The van der Waals surface area contributed by atoms with Gasteiger partial charge in [-0.25, -0.2) is 0 Å². The average molecular weight is 148 g/mol. The van der Waals surface area contributed by atoms with Gasteiger partial charge in [0.1, 0.15) is 0 Å². The summed E-state index contributed by atoms with van der Waals surface area (Å²) >= 11 is 0. The molecule has 0 atom stereocenters. The van der Waals surface area contributed by atoms with Crippen LogP contribution in [-0.2, 0) is 0 Å². The molecule has 1 aromatic heterocycles. The highest BCUT2D eigenvalue weighted by Crippen LogP contribution is 2.06. The zero-order valence-corrected chi connectivity index (χ0v) is 7.13. The molecule has 0 aliphatic carbocycles. The van der Waals surface area contributed by atoms with Gasteiger partial charge in [-0.3, -0.25) is 9.98 Å². The van der Waals surface area contributed by atoms with Crippen molar-refractivity contribution in [3.05, 3.63) is 29.1 Å². The van der Waals surface area contributed by atoms with Crippen LogP contribution in [0, 0.1) is 13.8 Å². The first-order chi connectivity index (χ1) is 5.25. The maximum atomic E-state index is 4.16. The van der Waals surface area contributed by atoms with Crippen molar-refractivity contribution < 1.29 is 0 Å². The number of aliphatic imine (C=N–C) groups is 1. The SMILES string of the molecule is CN=Cc1ccnc(C)c1C. The number of rotatable bonds is 1. The van der Waals surface area contributed by atoms with Crippen LogP contribution in [0.4, 0.5) is 0 Å². The molecule has 0 fully saturated rings. The molecule has 0 aliphatic heterocycles. The zero-order chi connectivity index (χ0) is 8.27. The minimum Gasteiger partial charge on any atom is -0.296 e. The molecule has 0 unspecified atom stereocenters. The number of hydrogen-bond acceptors (Lipinski definition) is 2. The molecule has 0 saturated heterocycles. The van der Waals surface area contributed by atoms with E-state index in [-0.39, 0.29) is 0 Å². The first kappa shape index (κ1) is 7.92. The lowest BCUT2D eigenvalue weighted by Crippen LogP contribution is -1.92. The molecule has 0 amide bonds. The lowest BCUT2D eigenvalue weighted by Gasteiger charge is -2.00. The van der Waals surface area contributed by atoms with Gasteiger partial charge in [-0.2, -0.15) is 0 Å². The number of nitrogens with zero attached hydrogens (tertiary/aromatic N) is 2. The minimum absolute atomic E-state index is 1.07. The highest BCUT2D eigenvalue weighted by Gasteiger charge is 1.96. The Hall–Kier alpha value is -1.18. The van der Waals surface area contributed by atoms with Gasteiger partial charge in [0, 0.05) is 25.2 Å². The monoisotopic (exact) mass is 148 g/mol. The maximum absolute atomic E-state index is 4.16. The Morgan fingerprint density at radius 2 is 2.18 bits per heavy atom. The molecule has 2 heteroatoms. The van der Waals surface area contributed by atoms with E-state index in [0.29, 0.717) is 0 Å². The van der Waals surface area contributed by atoms with Crippen LogP contribution in [0.2, 0.25) is 0 Å². The summed E-state index contributed by atoms with van der Waals surface area (Å²) in [6.45, 7) is 4.06. The van der Waals surface area contributed by atoms with E-state index < -0.39 is 0 Å². The summed E-state index contributed by atoms with van der Waals surface area (Å²) < 4.78 is 0. The normalized spacial score (nSPS) is 10.8. The second kappa shape index (κ2) is 3.28. The Kier molecular flexibility index (Phi) is 2.36. The summed E-state index contributed by atoms with van der Waals surface area (Å²) in [5, 5.41) is 0. The largest absolute Gasteiger partial charge is 0.296 e. The van der Waals surface area contributed by atoms with Crippen molar-refractivity contribution in [3.8, 4) is 0 Å². The minimum atomic E-state index is 1.07. The van der Waals surface area contributed by atoms with Crippen molar-refractivity contribution >= 4 is 6.21 Å². The molecular formula is C9H12N2.